The Morgan fingerprint density at radius 2 is 2.28 bits per heavy atom. The van der Waals surface area contributed by atoms with Crippen molar-refractivity contribution in [2.24, 2.45) is 0 Å². The first-order chi connectivity index (χ1) is 12.1. The normalized spacial score (nSPS) is 15.3. The number of piperidine rings is 1. The zero-order valence-electron chi connectivity index (χ0n) is 14.2. The number of thiophene rings is 1. The van der Waals surface area contributed by atoms with E-state index in [-0.39, 0.29) is 5.91 Å². The maximum absolute atomic E-state index is 13.0. The first-order valence-corrected chi connectivity index (χ1v) is 9.56. The van der Waals surface area contributed by atoms with Crippen LogP contribution in [0.5, 0.6) is 0 Å². The summed E-state index contributed by atoms with van der Waals surface area (Å²) in [6.07, 6.45) is 3.73. The largest absolute Gasteiger partial charge is 0.328 e. The zero-order valence-corrected chi connectivity index (χ0v) is 15.8. The Hall–Kier alpha value is -1.70. The van der Waals surface area contributed by atoms with Crippen LogP contribution in [0, 0.1) is 6.92 Å². The molecule has 25 heavy (non-hydrogen) atoms. The van der Waals surface area contributed by atoms with E-state index in [0.29, 0.717) is 29.2 Å². The van der Waals surface area contributed by atoms with Crippen LogP contribution in [-0.2, 0) is 6.54 Å². The number of carbonyl (C=O) groups excluding carboxylic acids is 1. The van der Waals surface area contributed by atoms with Gasteiger partial charge in [0.2, 0.25) is 0 Å². The molecule has 1 N–H and O–H groups in total. The van der Waals surface area contributed by atoms with Crippen molar-refractivity contribution in [3.05, 3.63) is 45.4 Å². The second-order valence-electron chi connectivity index (χ2n) is 6.13. The second kappa shape index (κ2) is 8.12. The van der Waals surface area contributed by atoms with Crippen LogP contribution in [0.15, 0.2) is 24.8 Å². The molecular weight excluding hydrogens is 358 g/mol. The lowest BCUT2D eigenvalue weighted by Crippen LogP contribution is -2.32. The first-order valence-electron chi connectivity index (χ1n) is 8.37. The van der Waals surface area contributed by atoms with Gasteiger partial charge in [-0.05, 0) is 45.0 Å². The Morgan fingerprint density at radius 1 is 1.52 bits per heavy atom. The molecule has 0 aromatic carbocycles. The number of carbonyl (C=O) groups is 1. The molecule has 1 saturated heterocycles. The van der Waals surface area contributed by atoms with Crippen molar-refractivity contribution in [3.8, 4) is 0 Å². The van der Waals surface area contributed by atoms with Gasteiger partial charge in [0.15, 0.2) is 5.69 Å². The van der Waals surface area contributed by atoms with E-state index in [1.165, 1.54) is 11.3 Å². The minimum atomic E-state index is -0.123. The minimum Gasteiger partial charge on any atom is -0.328 e. The second-order valence-corrected chi connectivity index (χ2v) is 7.93. The van der Waals surface area contributed by atoms with Crippen LogP contribution in [0.25, 0.3) is 0 Å². The molecule has 1 aliphatic heterocycles. The third kappa shape index (κ3) is 4.11. The zero-order chi connectivity index (χ0) is 17.8. The van der Waals surface area contributed by atoms with Crippen LogP contribution in [0.2, 0.25) is 4.34 Å². The fourth-order valence-corrected chi connectivity index (χ4v) is 4.19. The Bertz CT molecular complexity index is 750. The van der Waals surface area contributed by atoms with E-state index >= 15 is 0 Å². The van der Waals surface area contributed by atoms with Gasteiger partial charge in [-0.1, -0.05) is 22.9 Å². The molecule has 1 aliphatic rings. The van der Waals surface area contributed by atoms with Crippen LogP contribution < -0.4 is 5.32 Å². The lowest BCUT2D eigenvalue weighted by atomic mass is 10.1. The summed E-state index contributed by atoms with van der Waals surface area (Å²) < 4.78 is 2.62. The van der Waals surface area contributed by atoms with Crippen molar-refractivity contribution >= 4 is 28.8 Å². The molecule has 3 heterocycles. The van der Waals surface area contributed by atoms with Crippen molar-refractivity contribution in [2.45, 2.75) is 32.4 Å². The number of nitrogens with one attached hydrogen (secondary N) is 1. The molecule has 0 saturated carbocycles. The molecule has 0 spiro atoms. The number of aromatic nitrogens is 3. The Balaban J connectivity index is 1.79. The fourth-order valence-electron chi connectivity index (χ4n) is 3.09. The third-order valence-corrected chi connectivity index (χ3v) is 5.61. The number of hydrogen-bond donors (Lipinski definition) is 1. The SMILES string of the molecule is C=CCN(Cc1ccc(Cl)s1)C(=O)c1nnn(C2CCNCC2)c1C. The van der Waals surface area contributed by atoms with E-state index in [1.807, 2.05) is 23.7 Å². The third-order valence-electron chi connectivity index (χ3n) is 4.40. The van der Waals surface area contributed by atoms with E-state index < -0.39 is 0 Å². The van der Waals surface area contributed by atoms with E-state index in [1.54, 1.807) is 11.0 Å². The van der Waals surface area contributed by atoms with Gasteiger partial charge >= 0.3 is 0 Å². The van der Waals surface area contributed by atoms with Gasteiger partial charge in [0.1, 0.15) is 0 Å². The van der Waals surface area contributed by atoms with Crippen LogP contribution in [-0.4, -0.2) is 45.4 Å². The molecular formula is C17H22ClN5OS. The summed E-state index contributed by atoms with van der Waals surface area (Å²) in [6, 6.07) is 4.09. The van der Waals surface area contributed by atoms with Gasteiger partial charge in [-0.3, -0.25) is 4.79 Å². The smallest absolute Gasteiger partial charge is 0.276 e. The molecule has 6 nitrogen and oxygen atoms in total. The highest BCUT2D eigenvalue weighted by Gasteiger charge is 2.26. The Morgan fingerprint density at radius 3 is 2.92 bits per heavy atom. The summed E-state index contributed by atoms with van der Waals surface area (Å²) in [7, 11) is 0. The summed E-state index contributed by atoms with van der Waals surface area (Å²) in [5.41, 5.74) is 1.25. The molecule has 2 aromatic rings. The topological polar surface area (TPSA) is 63.1 Å². The summed E-state index contributed by atoms with van der Waals surface area (Å²) in [5.74, 6) is -0.123. The molecule has 0 radical (unpaired) electrons. The van der Waals surface area contributed by atoms with Gasteiger partial charge in [-0.25, -0.2) is 4.68 Å². The average Bonchev–Trinajstić information content (AvgIpc) is 3.20. The lowest BCUT2D eigenvalue weighted by molar-refractivity contribution is 0.0757. The lowest BCUT2D eigenvalue weighted by Gasteiger charge is -2.24. The predicted molar refractivity (Wildman–Crippen MR) is 100 cm³/mol. The first kappa shape index (κ1) is 18.1. The molecule has 1 fully saturated rings. The standard InChI is InChI=1S/C17H22ClN5OS/c1-3-10-22(11-14-4-5-15(18)25-14)17(24)16-12(2)23(21-20-16)13-6-8-19-9-7-13/h3-5,13,19H,1,6-11H2,2H3. The number of rotatable bonds is 6. The highest BCUT2D eigenvalue weighted by atomic mass is 35.5. The maximum Gasteiger partial charge on any atom is 0.276 e. The number of amides is 1. The van der Waals surface area contributed by atoms with Gasteiger partial charge in [0.25, 0.3) is 5.91 Å². The molecule has 0 bridgehead atoms. The van der Waals surface area contributed by atoms with Crippen molar-refractivity contribution in [1.82, 2.24) is 25.2 Å². The fraction of sp³-hybridized carbons (Fsp3) is 0.471. The van der Waals surface area contributed by atoms with E-state index in [9.17, 15) is 4.79 Å². The molecule has 1 amide bonds. The number of nitrogens with zero attached hydrogens (tertiary/aromatic N) is 4. The number of hydrogen-bond acceptors (Lipinski definition) is 5. The van der Waals surface area contributed by atoms with Crippen molar-refractivity contribution in [2.75, 3.05) is 19.6 Å². The van der Waals surface area contributed by atoms with Crippen LogP contribution in [0.3, 0.4) is 0 Å². The summed E-state index contributed by atoms with van der Waals surface area (Å²) >= 11 is 7.47. The quantitative estimate of drug-likeness (QED) is 0.783. The molecule has 3 rings (SSSR count). The van der Waals surface area contributed by atoms with Gasteiger partial charge < -0.3 is 10.2 Å². The molecule has 134 valence electrons. The van der Waals surface area contributed by atoms with Gasteiger partial charge in [0, 0.05) is 11.4 Å². The van der Waals surface area contributed by atoms with E-state index in [2.05, 4.69) is 22.2 Å². The van der Waals surface area contributed by atoms with Gasteiger partial charge in [-0.2, -0.15) is 0 Å². The Labute approximate surface area is 156 Å². The molecule has 0 atom stereocenters. The van der Waals surface area contributed by atoms with Crippen molar-refractivity contribution in [1.29, 1.82) is 0 Å². The van der Waals surface area contributed by atoms with Crippen molar-refractivity contribution in [3.63, 3.8) is 0 Å². The number of halogens is 1. The predicted octanol–water partition coefficient (Wildman–Crippen LogP) is 3.05. The monoisotopic (exact) mass is 379 g/mol. The van der Waals surface area contributed by atoms with Gasteiger partial charge in [-0.15, -0.1) is 23.0 Å². The van der Waals surface area contributed by atoms with Crippen LogP contribution in [0.1, 0.15) is 39.9 Å². The average molecular weight is 380 g/mol. The van der Waals surface area contributed by atoms with Gasteiger partial charge in [0.05, 0.1) is 22.6 Å². The molecule has 0 unspecified atom stereocenters. The van der Waals surface area contributed by atoms with E-state index in [0.717, 1.165) is 36.5 Å². The van der Waals surface area contributed by atoms with Crippen LogP contribution >= 0.6 is 22.9 Å². The molecule has 2 aromatic heterocycles. The Kier molecular flexibility index (Phi) is 5.88. The summed E-state index contributed by atoms with van der Waals surface area (Å²) in [4.78, 5) is 15.7. The molecule has 8 heteroatoms. The summed E-state index contributed by atoms with van der Waals surface area (Å²) in [6.45, 7) is 8.55. The van der Waals surface area contributed by atoms with E-state index in [4.69, 9.17) is 11.6 Å². The maximum atomic E-state index is 13.0. The molecule has 0 aliphatic carbocycles. The van der Waals surface area contributed by atoms with Crippen LogP contribution in [0.4, 0.5) is 0 Å². The highest BCUT2D eigenvalue weighted by molar-refractivity contribution is 7.16. The minimum absolute atomic E-state index is 0.123. The van der Waals surface area contributed by atoms with Crippen molar-refractivity contribution < 1.29 is 4.79 Å². The summed E-state index contributed by atoms with van der Waals surface area (Å²) in [5, 5.41) is 11.8. The highest BCUT2D eigenvalue weighted by Crippen LogP contribution is 2.24.